The fourth-order valence-electron chi connectivity index (χ4n) is 7.44. The summed E-state index contributed by atoms with van der Waals surface area (Å²) in [7, 11) is 0. The van der Waals surface area contributed by atoms with Crippen molar-refractivity contribution in [1.29, 1.82) is 0 Å². The molecule has 4 aliphatic carbocycles. The van der Waals surface area contributed by atoms with Gasteiger partial charge in [-0.05, 0) is 110 Å². The number of hydrogen-bond acceptors (Lipinski definition) is 5. The normalized spacial score (nSPS) is 28.0. The number of amides is 1. The zero-order chi connectivity index (χ0) is 25.9. The molecule has 2 atom stereocenters. The number of aromatic nitrogens is 4. The largest absolute Gasteiger partial charge is 0.404 e. The van der Waals surface area contributed by atoms with Crippen molar-refractivity contribution in [3.05, 3.63) is 67.1 Å². The molecular formula is C25H25Br2FN6O3. The standard InChI is InChI=1S/C25H25Br2FN6O3/c26-19-12-32(11-15-1-3-18(28)4-2-15)30-22(19)29-21(35)10-24-6-16-5-17(7-24)9-25(8-16,14-24)33-13-20(27)23(31-33)34(36)37/h1-4,12-13,16-17H,5-11,14H2,(H,29,30,35). The van der Waals surface area contributed by atoms with E-state index in [2.05, 4.69) is 47.4 Å². The number of anilines is 1. The summed E-state index contributed by atoms with van der Waals surface area (Å²) in [4.78, 5) is 24.2. The Hall–Kier alpha value is -2.60. The third-order valence-electron chi connectivity index (χ3n) is 8.23. The third-order valence-corrected chi connectivity index (χ3v) is 9.37. The molecule has 4 saturated carbocycles. The first-order valence-electron chi connectivity index (χ1n) is 12.3. The van der Waals surface area contributed by atoms with Crippen LogP contribution in [0.1, 0.15) is 50.5 Å². The van der Waals surface area contributed by atoms with Crippen LogP contribution < -0.4 is 5.32 Å². The molecule has 1 amide bonds. The monoisotopic (exact) mass is 634 g/mol. The topological polar surface area (TPSA) is 108 Å². The number of nitrogens with one attached hydrogen (secondary N) is 1. The van der Waals surface area contributed by atoms with E-state index in [1.807, 2.05) is 4.68 Å². The van der Waals surface area contributed by atoms with Crippen molar-refractivity contribution in [1.82, 2.24) is 19.6 Å². The van der Waals surface area contributed by atoms with E-state index in [-0.39, 0.29) is 28.5 Å². The zero-order valence-electron chi connectivity index (χ0n) is 19.9. The van der Waals surface area contributed by atoms with E-state index < -0.39 is 4.92 Å². The number of nitro groups is 1. The van der Waals surface area contributed by atoms with Crippen molar-refractivity contribution in [3.63, 3.8) is 0 Å². The Kier molecular flexibility index (Phi) is 6.02. The molecule has 2 aromatic heterocycles. The number of nitrogens with zero attached hydrogens (tertiary/aromatic N) is 5. The number of halogens is 3. The highest BCUT2D eigenvalue weighted by molar-refractivity contribution is 9.11. The molecule has 0 spiro atoms. The lowest BCUT2D eigenvalue weighted by Gasteiger charge is -2.61. The smallest absolute Gasteiger partial charge is 0.358 e. The molecule has 2 heterocycles. The molecule has 0 saturated heterocycles. The summed E-state index contributed by atoms with van der Waals surface area (Å²) in [6.07, 6.45) is 9.71. The molecule has 194 valence electrons. The predicted molar refractivity (Wildman–Crippen MR) is 140 cm³/mol. The molecule has 3 aromatic rings. The molecule has 0 aliphatic heterocycles. The van der Waals surface area contributed by atoms with Gasteiger partial charge in [-0.3, -0.25) is 9.48 Å². The minimum absolute atomic E-state index is 0.0857. The lowest BCUT2D eigenvalue weighted by molar-refractivity contribution is -0.390. The fraction of sp³-hybridized carbons (Fsp3) is 0.480. The lowest BCUT2D eigenvalue weighted by atomic mass is 9.46. The summed E-state index contributed by atoms with van der Waals surface area (Å²) < 4.78 is 17.8. The van der Waals surface area contributed by atoms with Crippen LogP contribution in [0.25, 0.3) is 0 Å². The van der Waals surface area contributed by atoms with E-state index in [4.69, 9.17) is 0 Å². The number of rotatable bonds is 7. The molecule has 1 N–H and O–H groups in total. The van der Waals surface area contributed by atoms with E-state index in [1.54, 1.807) is 29.2 Å². The summed E-state index contributed by atoms with van der Waals surface area (Å²) >= 11 is 6.80. The van der Waals surface area contributed by atoms with Crippen molar-refractivity contribution in [2.45, 2.75) is 57.0 Å². The zero-order valence-corrected chi connectivity index (χ0v) is 23.0. The van der Waals surface area contributed by atoms with Gasteiger partial charge in [-0.1, -0.05) is 12.1 Å². The van der Waals surface area contributed by atoms with Gasteiger partial charge in [-0.15, -0.1) is 0 Å². The second-order valence-corrected chi connectivity index (χ2v) is 12.8. The van der Waals surface area contributed by atoms with E-state index in [1.165, 1.54) is 12.1 Å². The van der Waals surface area contributed by atoms with E-state index in [0.29, 0.717) is 39.6 Å². The highest BCUT2D eigenvalue weighted by Crippen LogP contribution is 2.65. The summed E-state index contributed by atoms with van der Waals surface area (Å²) in [6, 6.07) is 6.24. The molecule has 4 bridgehead atoms. The Bertz CT molecular complexity index is 1370. The highest BCUT2D eigenvalue weighted by atomic mass is 79.9. The van der Waals surface area contributed by atoms with Crippen molar-refractivity contribution in [2.24, 2.45) is 17.3 Å². The molecule has 2 unspecified atom stereocenters. The van der Waals surface area contributed by atoms with Crippen LogP contribution in [0.3, 0.4) is 0 Å². The van der Waals surface area contributed by atoms with Crippen molar-refractivity contribution >= 4 is 49.4 Å². The van der Waals surface area contributed by atoms with Gasteiger partial charge in [0.05, 0.1) is 27.9 Å². The Labute approximate surface area is 229 Å². The molecule has 9 nitrogen and oxygen atoms in total. The van der Waals surface area contributed by atoms with Crippen molar-refractivity contribution < 1.29 is 14.1 Å². The number of carbonyl (C=O) groups is 1. The molecular weight excluding hydrogens is 611 g/mol. The van der Waals surface area contributed by atoms with Gasteiger partial charge in [-0.25, -0.2) is 4.39 Å². The molecule has 0 radical (unpaired) electrons. The first-order chi connectivity index (χ1) is 17.6. The molecule has 7 rings (SSSR count). The van der Waals surface area contributed by atoms with Gasteiger partial charge in [0.15, 0.2) is 5.82 Å². The van der Waals surface area contributed by atoms with Crippen LogP contribution in [-0.2, 0) is 16.9 Å². The lowest BCUT2D eigenvalue weighted by Crippen LogP contribution is -2.57. The van der Waals surface area contributed by atoms with E-state index in [9.17, 15) is 19.3 Å². The Balaban J connectivity index is 1.18. The van der Waals surface area contributed by atoms with Gasteiger partial charge in [0, 0.05) is 12.6 Å². The SMILES string of the molecule is O=C(CC12CC3CC(C1)CC(n1cc(Br)c([N+](=O)[O-])n1)(C3)C2)Nc1nn(Cc2ccc(F)cc2)cc1Br. The summed E-state index contributed by atoms with van der Waals surface area (Å²) in [6.45, 7) is 0.454. The van der Waals surface area contributed by atoms with Gasteiger partial charge < -0.3 is 15.4 Å². The predicted octanol–water partition coefficient (Wildman–Crippen LogP) is 6.02. The van der Waals surface area contributed by atoms with Gasteiger partial charge in [0.1, 0.15) is 10.3 Å². The summed E-state index contributed by atoms with van der Waals surface area (Å²) in [5.74, 6) is 0.887. The second kappa shape index (κ2) is 9.00. The van der Waals surface area contributed by atoms with Gasteiger partial charge in [0.25, 0.3) is 0 Å². The van der Waals surface area contributed by atoms with Gasteiger partial charge >= 0.3 is 5.82 Å². The quantitative estimate of drug-likeness (QED) is 0.252. The van der Waals surface area contributed by atoms with Crippen molar-refractivity contribution in [2.75, 3.05) is 5.32 Å². The Morgan fingerprint density at radius 2 is 1.81 bits per heavy atom. The first kappa shape index (κ1) is 24.7. The third kappa shape index (κ3) is 4.62. The molecule has 4 fully saturated rings. The minimum Gasteiger partial charge on any atom is -0.358 e. The average Bonchev–Trinajstić information content (AvgIpc) is 3.36. The molecule has 4 aliphatic rings. The fourth-order valence-corrected chi connectivity index (χ4v) is 8.28. The van der Waals surface area contributed by atoms with E-state index in [0.717, 1.165) is 44.1 Å². The molecule has 12 heteroatoms. The number of hydrogen-bond donors (Lipinski definition) is 1. The Morgan fingerprint density at radius 3 is 2.46 bits per heavy atom. The van der Waals surface area contributed by atoms with Crippen LogP contribution in [-0.4, -0.2) is 30.4 Å². The van der Waals surface area contributed by atoms with Crippen LogP contribution in [0.4, 0.5) is 16.0 Å². The van der Waals surface area contributed by atoms with Gasteiger partial charge in [-0.2, -0.15) is 9.78 Å². The maximum absolute atomic E-state index is 13.3. The van der Waals surface area contributed by atoms with Crippen LogP contribution in [0.2, 0.25) is 0 Å². The Morgan fingerprint density at radius 1 is 1.11 bits per heavy atom. The van der Waals surface area contributed by atoms with E-state index >= 15 is 0 Å². The van der Waals surface area contributed by atoms with Crippen molar-refractivity contribution in [3.8, 4) is 0 Å². The number of benzene rings is 1. The highest BCUT2D eigenvalue weighted by Gasteiger charge is 2.60. The second-order valence-electron chi connectivity index (χ2n) is 11.1. The number of carbonyl (C=O) groups excluding carboxylic acids is 1. The van der Waals surface area contributed by atoms with Gasteiger partial charge in [0.2, 0.25) is 5.91 Å². The van der Waals surface area contributed by atoms with Crippen LogP contribution in [0.5, 0.6) is 0 Å². The summed E-state index contributed by atoms with van der Waals surface area (Å²) in [5, 5.41) is 23.3. The minimum atomic E-state index is -0.461. The maximum Gasteiger partial charge on any atom is 0.404 e. The van der Waals surface area contributed by atoms with Crippen LogP contribution >= 0.6 is 31.9 Å². The summed E-state index contributed by atoms with van der Waals surface area (Å²) in [5.41, 5.74) is 0.446. The van der Waals surface area contributed by atoms with Crippen LogP contribution in [0, 0.1) is 33.2 Å². The molecule has 37 heavy (non-hydrogen) atoms. The maximum atomic E-state index is 13.3. The average molecular weight is 636 g/mol. The first-order valence-corrected chi connectivity index (χ1v) is 13.9. The van der Waals surface area contributed by atoms with Crippen LogP contribution in [0.15, 0.2) is 45.6 Å². The molecule has 1 aromatic carbocycles.